The number of aromatic nitrogens is 1. The maximum atomic E-state index is 13.1. The van der Waals surface area contributed by atoms with Crippen molar-refractivity contribution in [2.75, 3.05) is 26.2 Å². The van der Waals surface area contributed by atoms with Gasteiger partial charge in [0.05, 0.1) is 18.4 Å². The zero-order valence-electron chi connectivity index (χ0n) is 15.1. The largest absolute Gasteiger partial charge is 0.468 e. The van der Waals surface area contributed by atoms with Crippen LogP contribution in [-0.4, -0.2) is 46.5 Å². The highest BCUT2D eigenvalue weighted by Crippen LogP contribution is 2.27. The van der Waals surface area contributed by atoms with E-state index < -0.39 is 0 Å². The normalized spacial score (nSPS) is 15.5. The molecule has 3 aromatic heterocycles. The second kappa shape index (κ2) is 7.13. The van der Waals surface area contributed by atoms with E-state index in [0.717, 1.165) is 60.4 Å². The zero-order valence-corrected chi connectivity index (χ0v) is 16.0. The third kappa shape index (κ3) is 3.22. The van der Waals surface area contributed by atoms with Crippen LogP contribution in [-0.2, 0) is 6.54 Å². The van der Waals surface area contributed by atoms with Gasteiger partial charge in [-0.25, -0.2) is 0 Å². The maximum Gasteiger partial charge on any atom is 0.256 e. The van der Waals surface area contributed by atoms with Crippen molar-refractivity contribution in [3.05, 3.63) is 64.7 Å². The number of hydrogen-bond donors (Lipinski definition) is 0. The van der Waals surface area contributed by atoms with Gasteiger partial charge in [-0.15, -0.1) is 11.3 Å². The monoisotopic (exact) mass is 369 g/mol. The molecule has 1 fully saturated rings. The molecule has 6 heteroatoms. The average molecular weight is 369 g/mol. The molecule has 0 N–H and O–H groups in total. The Morgan fingerprint density at radius 3 is 2.46 bits per heavy atom. The van der Waals surface area contributed by atoms with Crippen LogP contribution in [0.3, 0.4) is 0 Å². The predicted molar refractivity (Wildman–Crippen MR) is 103 cm³/mol. The molecule has 1 saturated heterocycles. The van der Waals surface area contributed by atoms with Gasteiger partial charge in [-0.1, -0.05) is 0 Å². The fourth-order valence-corrected chi connectivity index (χ4v) is 4.54. The zero-order chi connectivity index (χ0) is 18.1. The molecule has 0 unspecified atom stereocenters. The first kappa shape index (κ1) is 17.1. The molecule has 4 heterocycles. The summed E-state index contributed by atoms with van der Waals surface area (Å²) in [6.45, 7) is 8.20. The molecule has 136 valence electrons. The van der Waals surface area contributed by atoms with Crippen LogP contribution >= 0.6 is 11.3 Å². The van der Waals surface area contributed by atoms with Gasteiger partial charge in [-0.05, 0) is 49.6 Å². The number of thiophene rings is 1. The molecule has 5 nitrogen and oxygen atoms in total. The molecule has 4 rings (SSSR count). The molecule has 3 aromatic rings. The number of nitrogens with zero attached hydrogens (tertiary/aromatic N) is 3. The van der Waals surface area contributed by atoms with Crippen LogP contribution in [0.5, 0.6) is 0 Å². The van der Waals surface area contributed by atoms with Crippen LogP contribution in [0.15, 0.2) is 46.4 Å². The second-order valence-electron chi connectivity index (χ2n) is 6.74. The van der Waals surface area contributed by atoms with Gasteiger partial charge in [0, 0.05) is 37.6 Å². The SMILES string of the molecule is Cc1ccc(C)n1-c1sccc1C(=O)N1CCN(Cc2ccco2)CC1. The van der Waals surface area contributed by atoms with Gasteiger partial charge in [-0.3, -0.25) is 9.69 Å². The van der Waals surface area contributed by atoms with E-state index in [9.17, 15) is 4.79 Å². The highest BCUT2D eigenvalue weighted by atomic mass is 32.1. The number of amides is 1. The summed E-state index contributed by atoms with van der Waals surface area (Å²) in [4.78, 5) is 17.4. The van der Waals surface area contributed by atoms with Crippen LogP contribution in [0, 0.1) is 13.8 Å². The minimum Gasteiger partial charge on any atom is -0.468 e. The molecule has 0 bridgehead atoms. The van der Waals surface area contributed by atoms with E-state index in [1.54, 1.807) is 17.6 Å². The topological polar surface area (TPSA) is 41.6 Å². The Labute approximate surface area is 157 Å². The molecular formula is C20H23N3O2S. The van der Waals surface area contributed by atoms with Crippen molar-refractivity contribution in [3.63, 3.8) is 0 Å². The lowest BCUT2D eigenvalue weighted by Gasteiger charge is -2.34. The Morgan fingerprint density at radius 2 is 1.81 bits per heavy atom. The number of aryl methyl sites for hydroxylation is 2. The second-order valence-corrected chi connectivity index (χ2v) is 7.63. The lowest BCUT2D eigenvalue weighted by atomic mass is 10.2. The standard InChI is InChI=1S/C20H23N3O2S/c1-15-5-6-16(2)23(15)20-18(7-13-26-20)19(24)22-10-8-21(9-11-22)14-17-4-3-12-25-17/h3-7,12-13H,8-11,14H2,1-2H3. The van der Waals surface area contributed by atoms with E-state index >= 15 is 0 Å². The third-order valence-electron chi connectivity index (χ3n) is 4.97. The quantitative estimate of drug-likeness (QED) is 0.704. The Hall–Kier alpha value is -2.31. The third-order valence-corrected chi connectivity index (χ3v) is 5.87. The van der Waals surface area contributed by atoms with Crippen LogP contribution in [0.1, 0.15) is 27.5 Å². The van der Waals surface area contributed by atoms with E-state index in [0.29, 0.717) is 0 Å². The first-order chi connectivity index (χ1) is 12.6. The fraction of sp³-hybridized carbons (Fsp3) is 0.350. The number of rotatable bonds is 4. The molecule has 0 aromatic carbocycles. The Kier molecular flexibility index (Phi) is 4.70. The van der Waals surface area contributed by atoms with E-state index in [1.165, 1.54) is 0 Å². The molecule has 0 aliphatic carbocycles. The Balaban J connectivity index is 1.46. The van der Waals surface area contributed by atoms with Gasteiger partial charge in [0.25, 0.3) is 5.91 Å². The van der Waals surface area contributed by atoms with E-state index in [-0.39, 0.29) is 5.91 Å². The van der Waals surface area contributed by atoms with Crippen molar-refractivity contribution in [1.82, 2.24) is 14.4 Å². The summed E-state index contributed by atoms with van der Waals surface area (Å²) in [7, 11) is 0. The fourth-order valence-electron chi connectivity index (χ4n) is 3.53. The van der Waals surface area contributed by atoms with Gasteiger partial charge in [0.2, 0.25) is 0 Å². The highest BCUT2D eigenvalue weighted by molar-refractivity contribution is 7.13. The molecule has 0 saturated carbocycles. The summed E-state index contributed by atoms with van der Waals surface area (Å²) in [6.07, 6.45) is 1.71. The number of carbonyl (C=O) groups is 1. The van der Waals surface area contributed by atoms with Crippen molar-refractivity contribution < 1.29 is 9.21 Å². The van der Waals surface area contributed by atoms with Crippen LogP contribution < -0.4 is 0 Å². The van der Waals surface area contributed by atoms with Crippen LogP contribution in [0.2, 0.25) is 0 Å². The average Bonchev–Trinajstić information content (AvgIpc) is 3.37. The van der Waals surface area contributed by atoms with Crippen molar-refractivity contribution in [2.24, 2.45) is 0 Å². The molecule has 0 spiro atoms. The molecule has 26 heavy (non-hydrogen) atoms. The molecule has 0 radical (unpaired) electrons. The van der Waals surface area contributed by atoms with Gasteiger partial charge in [0.15, 0.2) is 0 Å². The van der Waals surface area contributed by atoms with E-state index in [4.69, 9.17) is 4.42 Å². The minimum atomic E-state index is 0.131. The van der Waals surface area contributed by atoms with Crippen molar-refractivity contribution in [3.8, 4) is 5.00 Å². The van der Waals surface area contributed by atoms with Gasteiger partial charge >= 0.3 is 0 Å². The Morgan fingerprint density at radius 1 is 1.08 bits per heavy atom. The maximum absolute atomic E-state index is 13.1. The summed E-state index contributed by atoms with van der Waals surface area (Å²) < 4.78 is 7.60. The molecular weight excluding hydrogens is 346 g/mol. The summed E-state index contributed by atoms with van der Waals surface area (Å²) >= 11 is 1.62. The van der Waals surface area contributed by atoms with Crippen molar-refractivity contribution in [2.45, 2.75) is 20.4 Å². The number of carbonyl (C=O) groups excluding carboxylic acids is 1. The van der Waals surface area contributed by atoms with Crippen LogP contribution in [0.4, 0.5) is 0 Å². The first-order valence-corrected chi connectivity index (χ1v) is 9.78. The first-order valence-electron chi connectivity index (χ1n) is 8.90. The molecule has 1 aliphatic rings. The number of piperazine rings is 1. The molecule has 1 amide bonds. The van der Waals surface area contributed by atoms with Gasteiger partial charge in [-0.2, -0.15) is 0 Å². The number of furan rings is 1. The summed E-state index contributed by atoms with van der Waals surface area (Å²) in [6, 6.07) is 10.1. The predicted octanol–water partition coefficient (Wildman–Crippen LogP) is 3.71. The lowest BCUT2D eigenvalue weighted by molar-refractivity contribution is 0.0621. The molecule has 1 aliphatic heterocycles. The van der Waals surface area contributed by atoms with E-state index in [1.807, 2.05) is 28.5 Å². The number of hydrogen-bond acceptors (Lipinski definition) is 4. The van der Waals surface area contributed by atoms with Gasteiger partial charge in [0.1, 0.15) is 10.8 Å². The summed E-state index contributed by atoms with van der Waals surface area (Å²) in [5.41, 5.74) is 3.11. The van der Waals surface area contributed by atoms with Crippen molar-refractivity contribution >= 4 is 17.2 Å². The Bertz CT molecular complexity index is 867. The summed E-state index contributed by atoms with van der Waals surface area (Å²) in [5.74, 6) is 1.11. The van der Waals surface area contributed by atoms with Crippen LogP contribution in [0.25, 0.3) is 5.00 Å². The minimum absolute atomic E-state index is 0.131. The summed E-state index contributed by atoms with van der Waals surface area (Å²) in [5, 5.41) is 3.03. The lowest BCUT2D eigenvalue weighted by Crippen LogP contribution is -2.48. The van der Waals surface area contributed by atoms with Crippen molar-refractivity contribution in [1.29, 1.82) is 0 Å². The van der Waals surface area contributed by atoms with Gasteiger partial charge < -0.3 is 13.9 Å². The van der Waals surface area contributed by atoms with E-state index in [2.05, 4.69) is 35.4 Å². The molecule has 0 atom stereocenters. The smallest absolute Gasteiger partial charge is 0.256 e. The highest BCUT2D eigenvalue weighted by Gasteiger charge is 2.25.